The fraction of sp³-hybridized carbons (Fsp3) is 0.286. The number of nitrogens with one attached hydrogen (secondary N) is 1. The van der Waals surface area contributed by atoms with E-state index in [4.69, 9.17) is 17.3 Å². The molecule has 1 aliphatic carbocycles. The van der Waals surface area contributed by atoms with Gasteiger partial charge in [-0.1, -0.05) is 11.6 Å². The number of pyridine rings is 1. The Hall–Kier alpha value is -2.21. The summed E-state index contributed by atoms with van der Waals surface area (Å²) >= 11 is 6.12. The highest BCUT2D eigenvalue weighted by Gasteiger charge is 2.21. The Kier molecular flexibility index (Phi) is 3.70. The second-order valence-electron chi connectivity index (χ2n) is 5.03. The van der Waals surface area contributed by atoms with E-state index in [2.05, 4.69) is 20.3 Å². The molecule has 1 saturated carbocycles. The molecular formula is C14H14ClN5O. The third-order valence-corrected chi connectivity index (χ3v) is 3.59. The Balaban J connectivity index is 1.89. The summed E-state index contributed by atoms with van der Waals surface area (Å²) < 4.78 is 0. The minimum absolute atomic E-state index is 0.146. The fourth-order valence-electron chi connectivity index (χ4n) is 1.92. The lowest BCUT2D eigenvalue weighted by molar-refractivity contribution is 0.0995. The molecule has 2 aromatic heterocycles. The number of hydrogen-bond acceptors (Lipinski definition) is 5. The molecule has 0 bridgehead atoms. The lowest BCUT2D eigenvalue weighted by atomic mass is 10.1. The van der Waals surface area contributed by atoms with Gasteiger partial charge in [0.05, 0.1) is 23.1 Å². The van der Waals surface area contributed by atoms with Crippen molar-refractivity contribution in [1.82, 2.24) is 15.0 Å². The summed E-state index contributed by atoms with van der Waals surface area (Å²) in [4.78, 5) is 23.7. The van der Waals surface area contributed by atoms with Crippen molar-refractivity contribution >= 4 is 23.3 Å². The van der Waals surface area contributed by atoms with Crippen LogP contribution in [0.15, 0.2) is 24.7 Å². The number of carbonyl (C=O) groups is 1. The Morgan fingerprint density at radius 2 is 2.19 bits per heavy atom. The molecule has 0 saturated heterocycles. The number of nitrogens with two attached hydrogens (primary N) is 1. The topological polar surface area (TPSA) is 93.8 Å². The molecule has 108 valence electrons. The first kappa shape index (κ1) is 13.8. The maximum absolute atomic E-state index is 11.2. The van der Waals surface area contributed by atoms with Gasteiger partial charge in [-0.05, 0) is 24.8 Å². The number of amides is 1. The van der Waals surface area contributed by atoms with E-state index in [1.54, 1.807) is 12.4 Å². The predicted octanol–water partition coefficient (Wildman–Crippen LogP) is 2.11. The zero-order valence-corrected chi connectivity index (χ0v) is 12.0. The van der Waals surface area contributed by atoms with Gasteiger partial charge in [0.25, 0.3) is 5.91 Å². The molecule has 3 N–H and O–H groups in total. The van der Waals surface area contributed by atoms with Gasteiger partial charge in [0.2, 0.25) is 0 Å². The fourth-order valence-corrected chi connectivity index (χ4v) is 2.12. The van der Waals surface area contributed by atoms with E-state index in [1.165, 1.54) is 25.1 Å². The lowest BCUT2D eigenvalue weighted by Gasteiger charge is -2.08. The van der Waals surface area contributed by atoms with Crippen molar-refractivity contribution in [2.24, 2.45) is 11.7 Å². The number of halogens is 1. The van der Waals surface area contributed by atoms with Crippen molar-refractivity contribution < 1.29 is 4.79 Å². The van der Waals surface area contributed by atoms with Crippen molar-refractivity contribution in [3.05, 3.63) is 35.4 Å². The summed E-state index contributed by atoms with van der Waals surface area (Å²) in [6, 6.07) is 1.53. The van der Waals surface area contributed by atoms with Crippen LogP contribution in [-0.4, -0.2) is 27.4 Å². The molecular weight excluding hydrogens is 290 g/mol. The molecule has 3 rings (SSSR count). The quantitative estimate of drug-likeness (QED) is 0.882. The largest absolute Gasteiger partial charge is 0.368 e. The first-order chi connectivity index (χ1) is 10.1. The average molecular weight is 304 g/mol. The van der Waals surface area contributed by atoms with Gasteiger partial charge in [0, 0.05) is 18.3 Å². The van der Waals surface area contributed by atoms with Gasteiger partial charge in [-0.25, -0.2) is 9.97 Å². The van der Waals surface area contributed by atoms with E-state index in [1.807, 2.05) is 0 Å². The lowest BCUT2D eigenvalue weighted by Crippen LogP contribution is -2.13. The first-order valence-electron chi connectivity index (χ1n) is 6.65. The van der Waals surface area contributed by atoms with Crippen molar-refractivity contribution in [3.63, 3.8) is 0 Å². The summed E-state index contributed by atoms with van der Waals surface area (Å²) in [7, 11) is 0. The van der Waals surface area contributed by atoms with E-state index in [-0.39, 0.29) is 5.69 Å². The minimum atomic E-state index is -0.608. The summed E-state index contributed by atoms with van der Waals surface area (Å²) in [5.74, 6) is 0.818. The van der Waals surface area contributed by atoms with E-state index >= 15 is 0 Å². The molecule has 1 aliphatic rings. The Morgan fingerprint density at radius 1 is 1.38 bits per heavy atom. The number of rotatable bonds is 5. The molecule has 0 atom stereocenters. The zero-order chi connectivity index (χ0) is 14.8. The normalized spacial score (nSPS) is 14.0. The number of carbonyl (C=O) groups excluding carboxylic acids is 1. The van der Waals surface area contributed by atoms with Crippen LogP contribution in [-0.2, 0) is 0 Å². The van der Waals surface area contributed by atoms with Gasteiger partial charge in [0.1, 0.15) is 11.5 Å². The molecule has 1 amide bonds. The summed E-state index contributed by atoms with van der Waals surface area (Å²) in [5, 5.41) is 3.65. The number of anilines is 1. The van der Waals surface area contributed by atoms with Gasteiger partial charge in [-0.3, -0.25) is 9.78 Å². The molecule has 21 heavy (non-hydrogen) atoms. The molecule has 0 radical (unpaired) electrons. The highest BCUT2D eigenvalue weighted by Crippen LogP contribution is 2.29. The number of nitrogens with zero attached hydrogens (tertiary/aromatic N) is 3. The first-order valence-corrected chi connectivity index (χ1v) is 7.03. The van der Waals surface area contributed by atoms with Crippen LogP contribution in [0.25, 0.3) is 11.3 Å². The number of aromatic nitrogens is 3. The van der Waals surface area contributed by atoms with Crippen LogP contribution in [0.4, 0.5) is 5.82 Å². The third-order valence-electron chi connectivity index (χ3n) is 3.29. The highest BCUT2D eigenvalue weighted by molar-refractivity contribution is 6.33. The van der Waals surface area contributed by atoms with Crippen molar-refractivity contribution in [2.45, 2.75) is 12.8 Å². The number of hydrogen-bond donors (Lipinski definition) is 2. The summed E-state index contributed by atoms with van der Waals surface area (Å²) in [6.45, 7) is 0.898. The molecule has 1 fully saturated rings. The van der Waals surface area contributed by atoms with Crippen LogP contribution >= 0.6 is 11.6 Å². The second-order valence-corrected chi connectivity index (χ2v) is 5.43. The average Bonchev–Trinajstić information content (AvgIpc) is 3.30. The molecule has 0 unspecified atom stereocenters. The predicted molar refractivity (Wildman–Crippen MR) is 80.0 cm³/mol. The Bertz CT molecular complexity index is 687. The van der Waals surface area contributed by atoms with Gasteiger partial charge in [-0.2, -0.15) is 0 Å². The molecule has 2 aromatic rings. The van der Waals surface area contributed by atoms with Gasteiger partial charge < -0.3 is 11.1 Å². The minimum Gasteiger partial charge on any atom is -0.368 e. The number of primary amides is 1. The van der Waals surface area contributed by atoms with Crippen molar-refractivity contribution in [1.29, 1.82) is 0 Å². The molecule has 2 heterocycles. The van der Waals surface area contributed by atoms with Crippen molar-refractivity contribution in [2.75, 3.05) is 11.9 Å². The van der Waals surface area contributed by atoms with Crippen LogP contribution in [0.3, 0.4) is 0 Å². The van der Waals surface area contributed by atoms with Crippen LogP contribution in [0.1, 0.15) is 23.3 Å². The van der Waals surface area contributed by atoms with Crippen LogP contribution in [0.2, 0.25) is 5.02 Å². The summed E-state index contributed by atoms with van der Waals surface area (Å²) in [5.41, 5.74) is 6.54. The monoisotopic (exact) mass is 303 g/mol. The van der Waals surface area contributed by atoms with Gasteiger partial charge in [0.15, 0.2) is 0 Å². The van der Waals surface area contributed by atoms with Crippen molar-refractivity contribution in [3.8, 4) is 11.3 Å². The van der Waals surface area contributed by atoms with Gasteiger partial charge in [-0.15, -0.1) is 0 Å². The Morgan fingerprint density at radius 3 is 2.90 bits per heavy atom. The SMILES string of the molecule is NC(=O)c1cc(-c2cncc(NCC3CC3)n2)c(Cl)cn1. The molecule has 0 aromatic carbocycles. The zero-order valence-electron chi connectivity index (χ0n) is 11.2. The van der Waals surface area contributed by atoms with Crippen LogP contribution in [0.5, 0.6) is 0 Å². The molecule has 0 aliphatic heterocycles. The second kappa shape index (κ2) is 5.65. The Labute approximate surface area is 126 Å². The molecule has 6 nitrogen and oxygen atoms in total. The van der Waals surface area contributed by atoms with Gasteiger partial charge >= 0.3 is 0 Å². The third kappa shape index (κ3) is 3.28. The molecule has 0 spiro atoms. The highest BCUT2D eigenvalue weighted by atomic mass is 35.5. The smallest absolute Gasteiger partial charge is 0.267 e. The van der Waals surface area contributed by atoms with Crippen LogP contribution in [0, 0.1) is 5.92 Å². The standard InChI is InChI=1S/C14H14ClN5O/c15-10-5-18-11(14(16)21)3-9(10)12-6-17-7-13(20-12)19-4-8-1-2-8/h3,5-8H,1-2,4H2,(H2,16,21)(H,19,20). The van der Waals surface area contributed by atoms with E-state index in [0.717, 1.165) is 12.5 Å². The maximum Gasteiger partial charge on any atom is 0.267 e. The summed E-state index contributed by atoms with van der Waals surface area (Å²) in [6.07, 6.45) is 7.17. The van der Waals surface area contributed by atoms with E-state index in [0.29, 0.717) is 22.1 Å². The maximum atomic E-state index is 11.2. The van der Waals surface area contributed by atoms with E-state index < -0.39 is 5.91 Å². The molecule has 7 heteroatoms. The van der Waals surface area contributed by atoms with Crippen LogP contribution < -0.4 is 11.1 Å². The van der Waals surface area contributed by atoms with E-state index in [9.17, 15) is 4.79 Å².